The van der Waals surface area contributed by atoms with E-state index in [1.54, 1.807) is 20.8 Å². The number of aromatic nitrogens is 2. The van der Waals surface area contributed by atoms with Crippen molar-refractivity contribution >= 4 is 11.9 Å². The number of hydrogen-bond donors (Lipinski definition) is 1. The van der Waals surface area contributed by atoms with Crippen LogP contribution in [0.25, 0.3) is 0 Å². The van der Waals surface area contributed by atoms with Crippen LogP contribution in [0.15, 0.2) is 0 Å². The van der Waals surface area contributed by atoms with Crippen molar-refractivity contribution in [2.45, 2.75) is 27.3 Å². The Labute approximate surface area is 92.8 Å². The number of carboxylic acids is 1. The van der Waals surface area contributed by atoms with Crippen molar-refractivity contribution in [3.05, 3.63) is 17.0 Å². The molecule has 0 radical (unpaired) electrons. The second kappa shape index (κ2) is 4.78. The Morgan fingerprint density at radius 3 is 2.56 bits per heavy atom. The summed E-state index contributed by atoms with van der Waals surface area (Å²) in [5, 5.41) is 13.0. The molecule has 0 amide bonds. The maximum atomic E-state index is 11.2. The molecule has 6 heteroatoms. The Morgan fingerprint density at radius 1 is 1.44 bits per heavy atom. The van der Waals surface area contributed by atoms with Gasteiger partial charge < -0.3 is 9.84 Å². The van der Waals surface area contributed by atoms with E-state index in [1.807, 2.05) is 0 Å². The first kappa shape index (κ1) is 12.2. The first-order valence-corrected chi connectivity index (χ1v) is 4.90. The molecule has 0 spiro atoms. The number of carboxylic acid groups (broad SMARTS) is 1. The first-order chi connectivity index (χ1) is 7.47. The van der Waals surface area contributed by atoms with E-state index in [4.69, 9.17) is 9.84 Å². The van der Waals surface area contributed by atoms with E-state index < -0.39 is 11.9 Å². The van der Waals surface area contributed by atoms with Crippen LogP contribution in [-0.2, 0) is 16.1 Å². The fourth-order valence-electron chi connectivity index (χ4n) is 1.39. The van der Waals surface area contributed by atoms with Crippen LogP contribution in [-0.4, -0.2) is 33.4 Å². The minimum atomic E-state index is -1.10. The number of aryl methyl sites for hydroxylation is 1. The molecule has 0 aliphatic heterocycles. The zero-order chi connectivity index (χ0) is 12.3. The number of esters is 1. The average Bonchev–Trinajstić information content (AvgIpc) is 2.42. The Balaban J connectivity index is 3.00. The van der Waals surface area contributed by atoms with Crippen LogP contribution < -0.4 is 0 Å². The number of ether oxygens (including phenoxy) is 1. The van der Waals surface area contributed by atoms with Crippen LogP contribution in [0.5, 0.6) is 0 Å². The monoisotopic (exact) mass is 226 g/mol. The lowest BCUT2D eigenvalue weighted by Gasteiger charge is -2.04. The maximum Gasteiger partial charge on any atom is 0.354 e. The van der Waals surface area contributed by atoms with E-state index in [9.17, 15) is 9.59 Å². The summed E-state index contributed by atoms with van der Waals surface area (Å²) >= 11 is 0. The van der Waals surface area contributed by atoms with E-state index in [2.05, 4.69) is 5.10 Å². The highest BCUT2D eigenvalue weighted by atomic mass is 16.5. The quantitative estimate of drug-likeness (QED) is 0.766. The Hall–Kier alpha value is -1.85. The van der Waals surface area contributed by atoms with Gasteiger partial charge in [0.15, 0.2) is 0 Å². The molecule has 0 saturated heterocycles. The van der Waals surface area contributed by atoms with Crippen LogP contribution in [0.4, 0.5) is 0 Å². The van der Waals surface area contributed by atoms with Gasteiger partial charge in [-0.15, -0.1) is 0 Å². The molecular formula is C10H14N2O4. The molecule has 1 heterocycles. The van der Waals surface area contributed by atoms with E-state index in [0.29, 0.717) is 11.3 Å². The standard InChI is InChI=1S/C10H14N2O4/c1-4-16-8(13)5-12-9(10(14)15)6(2)7(3)11-12/h4-5H2,1-3H3,(H,14,15). The topological polar surface area (TPSA) is 81.4 Å². The highest BCUT2D eigenvalue weighted by Crippen LogP contribution is 2.12. The van der Waals surface area contributed by atoms with Crippen LogP contribution in [0.1, 0.15) is 28.7 Å². The molecule has 1 rings (SSSR count). The fraction of sp³-hybridized carbons (Fsp3) is 0.500. The van der Waals surface area contributed by atoms with Crippen LogP contribution in [0.3, 0.4) is 0 Å². The second-order valence-corrected chi connectivity index (χ2v) is 3.33. The molecule has 1 aromatic heterocycles. The number of carbonyl (C=O) groups excluding carboxylic acids is 1. The van der Waals surface area contributed by atoms with Gasteiger partial charge in [0.25, 0.3) is 0 Å². The second-order valence-electron chi connectivity index (χ2n) is 3.33. The summed E-state index contributed by atoms with van der Waals surface area (Å²) in [6.07, 6.45) is 0. The van der Waals surface area contributed by atoms with Gasteiger partial charge in [0, 0.05) is 5.56 Å². The van der Waals surface area contributed by atoms with Gasteiger partial charge in [0.1, 0.15) is 12.2 Å². The van der Waals surface area contributed by atoms with Gasteiger partial charge in [-0.25, -0.2) is 9.48 Å². The Kier molecular flexibility index (Phi) is 3.65. The zero-order valence-corrected chi connectivity index (χ0v) is 9.48. The molecule has 0 saturated carbocycles. The van der Waals surface area contributed by atoms with E-state index in [1.165, 1.54) is 0 Å². The molecule has 0 aliphatic carbocycles. The van der Waals surface area contributed by atoms with Crippen molar-refractivity contribution in [2.75, 3.05) is 6.61 Å². The molecule has 0 unspecified atom stereocenters. The molecule has 1 N–H and O–H groups in total. The lowest BCUT2D eigenvalue weighted by atomic mass is 10.2. The molecule has 1 aromatic rings. The predicted molar refractivity (Wildman–Crippen MR) is 55.3 cm³/mol. The molecule has 88 valence electrons. The average molecular weight is 226 g/mol. The van der Waals surface area contributed by atoms with Gasteiger partial charge in [-0.3, -0.25) is 4.79 Å². The zero-order valence-electron chi connectivity index (χ0n) is 9.48. The lowest BCUT2D eigenvalue weighted by Crippen LogP contribution is -2.19. The third-order valence-corrected chi connectivity index (χ3v) is 2.21. The molecule has 0 aliphatic rings. The number of nitrogens with zero attached hydrogens (tertiary/aromatic N) is 2. The van der Waals surface area contributed by atoms with Gasteiger partial charge in [-0.2, -0.15) is 5.10 Å². The molecule has 0 fully saturated rings. The normalized spacial score (nSPS) is 10.2. The molecule has 0 atom stereocenters. The highest BCUT2D eigenvalue weighted by Gasteiger charge is 2.19. The number of carbonyl (C=O) groups is 2. The van der Waals surface area contributed by atoms with Gasteiger partial charge in [-0.05, 0) is 20.8 Å². The summed E-state index contributed by atoms with van der Waals surface area (Å²) in [6.45, 7) is 5.14. The maximum absolute atomic E-state index is 11.2. The lowest BCUT2D eigenvalue weighted by molar-refractivity contribution is -0.144. The molecular weight excluding hydrogens is 212 g/mol. The SMILES string of the molecule is CCOC(=O)Cn1nc(C)c(C)c1C(=O)O. The molecule has 6 nitrogen and oxygen atoms in total. The predicted octanol–water partition coefficient (Wildman–Crippen LogP) is 0.761. The first-order valence-electron chi connectivity index (χ1n) is 4.90. The number of rotatable bonds is 4. The van der Waals surface area contributed by atoms with Gasteiger partial charge in [-0.1, -0.05) is 0 Å². The summed E-state index contributed by atoms with van der Waals surface area (Å²) < 4.78 is 5.89. The number of hydrogen-bond acceptors (Lipinski definition) is 4. The van der Waals surface area contributed by atoms with Crippen molar-refractivity contribution in [2.24, 2.45) is 0 Å². The minimum Gasteiger partial charge on any atom is -0.477 e. The van der Waals surface area contributed by atoms with E-state index >= 15 is 0 Å². The molecule has 16 heavy (non-hydrogen) atoms. The van der Waals surface area contributed by atoms with Crippen LogP contribution >= 0.6 is 0 Å². The number of aromatic carboxylic acids is 1. The summed E-state index contributed by atoms with van der Waals surface area (Å²) in [6, 6.07) is 0. The van der Waals surface area contributed by atoms with Crippen LogP contribution in [0.2, 0.25) is 0 Å². The minimum absolute atomic E-state index is 0.0329. The summed E-state index contributed by atoms with van der Waals surface area (Å²) in [5.74, 6) is -1.59. The van der Waals surface area contributed by atoms with Crippen molar-refractivity contribution in [1.29, 1.82) is 0 Å². The molecule has 0 bridgehead atoms. The fourth-order valence-corrected chi connectivity index (χ4v) is 1.39. The summed E-state index contributed by atoms with van der Waals surface area (Å²) in [7, 11) is 0. The third kappa shape index (κ3) is 2.39. The smallest absolute Gasteiger partial charge is 0.354 e. The third-order valence-electron chi connectivity index (χ3n) is 2.21. The Bertz CT molecular complexity index is 423. The van der Waals surface area contributed by atoms with Crippen molar-refractivity contribution < 1.29 is 19.4 Å². The molecule has 0 aromatic carbocycles. The van der Waals surface area contributed by atoms with Crippen molar-refractivity contribution in [1.82, 2.24) is 9.78 Å². The van der Waals surface area contributed by atoms with Gasteiger partial charge >= 0.3 is 11.9 Å². The van der Waals surface area contributed by atoms with Crippen molar-refractivity contribution in [3.63, 3.8) is 0 Å². The van der Waals surface area contributed by atoms with E-state index in [-0.39, 0.29) is 18.8 Å². The summed E-state index contributed by atoms with van der Waals surface area (Å²) in [5.41, 5.74) is 1.20. The summed E-state index contributed by atoms with van der Waals surface area (Å²) in [4.78, 5) is 22.2. The Morgan fingerprint density at radius 2 is 2.06 bits per heavy atom. The highest BCUT2D eigenvalue weighted by molar-refractivity contribution is 5.88. The van der Waals surface area contributed by atoms with Gasteiger partial charge in [0.05, 0.1) is 12.3 Å². The van der Waals surface area contributed by atoms with Crippen molar-refractivity contribution in [3.8, 4) is 0 Å². The van der Waals surface area contributed by atoms with E-state index in [0.717, 1.165) is 4.68 Å². The largest absolute Gasteiger partial charge is 0.477 e. The van der Waals surface area contributed by atoms with Gasteiger partial charge in [0.2, 0.25) is 0 Å². The van der Waals surface area contributed by atoms with Crippen LogP contribution in [0, 0.1) is 13.8 Å².